The molecule has 36 heavy (non-hydrogen) atoms. The average molecular weight is 512 g/mol. The SMILES string of the molecule is CCc1nn(C[C@@H](C)COC(=O)c2cc(F)cc(C(F)(F)F)c2)c2c1C(=O)NCC1(CCOCC1)C2. The highest BCUT2D eigenvalue weighted by atomic mass is 19.4. The van der Waals surface area contributed by atoms with Crippen LogP contribution in [0.5, 0.6) is 0 Å². The zero-order chi connectivity index (χ0) is 26.1. The maximum Gasteiger partial charge on any atom is 0.416 e. The van der Waals surface area contributed by atoms with Crippen molar-refractivity contribution in [2.24, 2.45) is 11.3 Å². The molecule has 1 aromatic carbocycles. The van der Waals surface area contributed by atoms with E-state index >= 15 is 0 Å². The second kappa shape index (κ2) is 10.2. The first-order valence-electron chi connectivity index (χ1n) is 12.0. The number of carbonyl (C=O) groups excluding carboxylic acids is 2. The number of carbonyl (C=O) groups is 2. The standard InChI is InChI=1S/C25H29F4N3O4/c1-3-19-21-20(11-24(14-30-22(21)33)4-6-35-7-5-24)32(31-19)12-15(2)13-36-23(34)16-8-17(25(27,28)29)10-18(26)9-16/h8-10,15H,3-7,11-14H2,1-2H3,(H,30,33)/t15-/m1/s1. The lowest BCUT2D eigenvalue weighted by atomic mass is 9.76. The van der Waals surface area contributed by atoms with Gasteiger partial charge in [0.2, 0.25) is 0 Å². The van der Waals surface area contributed by atoms with Gasteiger partial charge < -0.3 is 14.8 Å². The van der Waals surface area contributed by atoms with Gasteiger partial charge in [-0.15, -0.1) is 0 Å². The summed E-state index contributed by atoms with van der Waals surface area (Å²) in [5.41, 5.74) is 0.232. The van der Waals surface area contributed by atoms with Crippen LogP contribution < -0.4 is 5.32 Å². The fraction of sp³-hybridized carbons (Fsp3) is 0.560. The topological polar surface area (TPSA) is 82.5 Å². The van der Waals surface area contributed by atoms with Crippen LogP contribution in [0.25, 0.3) is 0 Å². The first-order chi connectivity index (χ1) is 17.0. The molecule has 2 aliphatic heterocycles. The molecule has 1 N–H and O–H groups in total. The molecule has 0 bridgehead atoms. The third-order valence-corrected chi connectivity index (χ3v) is 6.86. The number of rotatable bonds is 6. The van der Waals surface area contributed by atoms with Gasteiger partial charge in [0.15, 0.2) is 0 Å². The molecule has 3 heterocycles. The normalized spacial score (nSPS) is 18.3. The molecule has 2 aromatic rings. The van der Waals surface area contributed by atoms with Crippen molar-refractivity contribution in [2.75, 3.05) is 26.4 Å². The molecule has 1 fully saturated rings. The van der Waals surface area contributed by atoms with E-state index in [0.717, 1.165) is 24.6 Å². The first kappa shape index (κ1) is 26.1. The molecule has 196 valence electrons. The zero-order valence-electron chi connectivity index (χ0n) is 20.2. The van der Waals surface area contributed by atoms with Crippen LogP contribution in [0.3, 0.4) is 0 Å². The predicted octanol–water partition coefficient (Wildman–Crippen LogP) is 4.18. The minimum Gasteiger partial charge on any atom is -0.462 e. The Morgan fingerprint density at radius 2 is 2.00 bits per heavy atom. The van der Waals surface area contributed by atoms with Crippen LogP contribution in [0.1, 0.15) is 64.4 Å². The highest BCUT2D eigenvalue weighted by Gasteiger charge is 2.40. The summed E-state index contributed by atoms with van der Waals surface area (Å²) in [6.07, 6.45) is -1.91. The van der Waals surface area contributed by atoms with E-state index in [1.807, 2.05) is 6.92 Å². The largest absolute Gasteiger partial charge is 0.462 e. The summed E-state index contributed by atoms with van der Waals surface area (Å²) < 4.78 is 65.1. The monoisotopic (exact) mass is 511 g/mol. The van der Waals surface area contributed by atoms with Crippen LogP contribution in [0.4, 0.5) is 17.6 Å². The van der Waals surface area contributed by atoms with Crippen molar-refractivity contribution in [1.82, 2.24) is 15.1 Å². The maximum atomic E-state index is 13.7. The Morgan fingerprint density at radius 1 is 1.28 bits per heavy atom. The van der Waals surface area contributed by atoms with E-state index in [2.05, 4.69) is 10.4 Å². The first-order valence-corrected chi connectivity index (χ1v) is 12.0. The average Bonchev–Trinajstić information content (AvgIpc) is 3.10. The molecule has 2 aliphatic rings. The lowest BCUT2D eigenvalue weighted by molar-refractivity contribution is -0.137. The van der Waals surface area contributed by atoms with Crippen molar-refractivity contribution in [3.63, 3.8) is 0 Å². The van der Waals surface area contributed by atoms with E-state index in [1.54, 1.807) is 11.6 Å². The molecule has 0 aliphatic carbocycles. The molecule has 7 nitrogen and oxygen atoms in total. The molecule has 11 heteroatoms. The highest BCUT2D eigenvalue weighted by Crippen LogP contribution is 2.37. The predicted molar refractivity (Wildman–Crippen MR) is 121 cm³/mol. The Balaban J connectivity index is 1.49. The van der Waals surface area contributed by atoms with E-state index in [-0.39, 0.29) is 23.8 Å². The molecule has 1 saturated heterocycles. The number of amides is 1. The number of halogens is 4. The van der Waals surface area contributed by atoms with Crippen LogP contribution in [0, 0.1) is 17.2 Å². The third kappa shape index (κ3) is 5.55. The van der Waals surface area contributed by atoms with Crippen LogP contribution >= 0.6 is 0 Å². The van der Waals surface area contributed by atoms with Crippen molar-refractivity contribution in [3.05, 3.63) is 52.1 Å². The Morgan fingerprint density at radius 3 is 2.67 bits per heavy atom. The quantitative estimate of drug-likeness (QED) is 0.465. The molecule has 4 rings (SSSR count). The van der Waals surface area contributed by atoms with Gasteiger partial charge in [-0.2, -0.15) is 18.3 Å². The molecule has 0 radical (unpaired) electrons. The number of alkyl halides is 3. The molecule has 1 aromatic heterocycles. The number of nitrogens with zero attached hydrogens (tertiary/aromatic N) is 2. The number of hydrogen-bond acceptors (Lipinski definition) is 5. The van der Waals surface area contributed by atoms with Crippen LogP contribution in [0.2, 0.25) is 0 Å². The highest BCUT2D eigenvalue weighted by molar-refractivity contribution is 5.97. The van der Waals surface area contributed by atoms with Crippen LogP contribution in [-0.2, 0) is 35.0 Å². The van der Waals surface area contributed by atoms with Crippen molar-refractivity contribution in [1.29, 1.82) is 0 Å². The van der Waals surface area contributed by atoms with Gasteiger partial charge in [0, 0.05) is 32.2 Å². The van der Waals surface area contributed by atoms with E-state index in [0.29, 0.717) is 62.5 Å². The van der Waals surface area contributed by atoms with Gasteiger partial charge in [-0.1, -0.05) is 13.8 Å². The number of nitrogens with one attached hydrogen (secondary N) is 1. The smallest absolute Gasteiger partial charge is 0.416 e. The maximum absolute atomic E-state index is 13.7. The van der Waals surface area contributed by atoms with E-state index in [1.165, 1.54) is 0 Å². The van der Waals surface area contributed by atoms with Crippen molar-refractivity contribution in [2.45, 2.75) is 52.3 Å². The summed E-state index contributed by atoms with van der Waals surface area (Å²) >= 11 is 0. The van der Waals surface area contributed by atoms with Gasteiger partial charge in [0.1, 0.15) is 5.82 Å². The molecule has 1 spiro atoms. The number of aryl methyl sites for hydroxylation is 1. The summed E-state index contributed by atoms with van der Waals surface area (Å²) in [6.45, 7) is 5.78. The van der Waals surface area contributed by atoms with Crippen LogP contribution in [-0.4, -0.2) is 48.0 Å². The van der Waals surface area contributed by atoms with Gasteiger partial charge in [-0.05, 0) is 49.3 Å². The number of ether oxygens (including phenoxy) is 2. The summed E-state index contributed by atoms with van der Waals surface area (Å²) in [6, 6.07) is 1.62. The Kier molecular flexibility index (Phi) is 7.40. The zero-order valence-corrected chi connectivity index (χ0v) is 20.2. The molecule has 1 amide bonds. The fourth-order valence-corrected chi connectivity index (χ4v) is 4.84. The lowest BCUT2D eigenvalue weighted by Gasteiger charge is -2.36. The van der Waals surface area contributed by atoms with Gasteiger partial charge in [-0.25, -0.2) is 9.18 Å². The number of fused-ring (bicyclic) bond motifs is 1. The Labute approximate surface area is 206 Å². The third-order valence-electron chi connectivity index (χ3n) is 6.86. The Bertz CT molecular complexity index is 1140. The summed E-state index contributed by atoms with van der Waals surface area (Å²) in [7, 11) is 0. The van der Waals surface area contributed by atoms with Gasteiger partial charge >= 0.3 is 12.1 Å². The fourth-order valence-electron chi connectivity index (χ4n) is 4.84. The van der Waals surface area contributed by atoms with Crippen molar-refractivity contribution in [3.8, 4) is 0 Å². The summed E-state index contributed by atoms with van der Waals surface area (Å²) in [4.78, 5) is 25.3. The molecular formula is C25H29F4N3O4. The van der Waals surface area contributed by atoms with Crippen molar-refractivity contribution < 1.29 is 36.6 Å². The summed E-state index contributed by atoms with van der Waals surface area (Å²) in [5, 5.41) is 7.72. The minimum absolute atomic E-state index is 0.113. The number of benzene rings is 1. The minimum atomic E-state index is -4.78. The van der Waals surface area contributed by atoms with Gasteiger partial charge in [-0.3, -0.25) is 9.48 Å². The van der Waals surface area contributed by atoms with E-state index < -0.39 is 29.1 Å². The molecule has 0 saturated carbocycles. The summed E-state index contributed by atoms with van der Waals surface area (Å²) in [5.74, 6) is -2.63. The van der Waals surface area contributed by atoms with E-state index in [4.69, 9.17) is 9.47 Å². The van der Waals surface area contributed by atoms with Crippen molar-refractivity contribution >= 4 is 11.9 Å². The molecule has 1 atom stereocenters. The second-order valence-electron chi connectivity index (χ2n) is 9.71. The molecule has 0 unspecified atom stereocenters. The molecular weight excluding hydrogens is 482 g/mol. The number of aromatic nitrogens is 2. The van der Waals surface area contributed by atoms with Gasteiger partial charge in [0.05, 0.1) is 34.7 Å². The number of hydrogen-bond donors (Lipinski definition) is 1. The Hall–Kier alpha value is -2.95. The second-order valence-corrected chi connectivity index (χ2v) is 9.71. The van der Waals surface area contributed by atoms with Gasteiger partial charge in [0.25, 0.3) is 5.91 Å². The lowest BCUT2D eigenvalue weighted by Crippen LogP contribution is -2.41. The van der Waals surface area contributed by atoms with Crippen LogP contribution in [0.15, 0.2) is 18.2 Å². The van der Waals surface area contributed by atoms with E-state index in [9.17, 15) is 27.2 Å². The number of esters is 1.